The number of ether oxygens (including phenoxy) is 2. The summed E-state index contributed by atoms with van der Waals surface area (Å²) in [5.41, 5.74) is 3.58. The molecular weight excluding hydrogens is 352 g/mol. The average Bonchev–Trinajstić information content (AvgIpc) is 2.76. The number of hydrogen-bond acceptors (Lipinski definition) is 4. The van der Waals surface area contributed by atoms with E-state index in [9.17, 15) is 4.79 Å². The van der Waals surface area contributed by atoms with E-state index in [2.05, 4.69) is 5.32 Å². The van der Waals surface area contributed by atoms with Gasteiger partial charge in [0.25, 0.3) is 5.91 Å². The number of nitrogens with one attached hydrogen (secondary N) is 1. The molecule has 3 aromatic rings. The molecule has 0 bridgehead atoms. The van der Waals surface area contributed by atoms with E-state index < -0.39 is 0 Å². The third kappa shape index (κ3) is 2.95. The van der Waals surface area contributed by atoms with Gasteiger partial charge in [-0.05, 0) is 35.4 Å². The number of fused-ring (bicyclic) bond motifs is 2. The van der Waals surface area contributed by atoms with Crippen LogP contribution in [0.5, 0.6) is 11.5 Å². The molecular formula is C23H20N2O3. The largest absolute Gasteiger partial charge is 0.486 e. The molecule has 2 aliphatic heterocycles. The summed E-state index contributed by atoms with van der Waals surface area (Å²) in [7, 11) is 0. The van der Waals surface area contributed by atoms with Crippen molar-refractivity contribution in [3.63, 3.8) is 0 Å². The summed E-state index contributed by atoms with van der Waals surface area (Å²) in [6.45, 7) is 1.60. The van der Waals surface area contributed by atoms with Crippen molar-refractivity contribution in [2.75, 3.05) is 18.5 Å². The molecule has 0 unspecified atom stereocenters. The number of para-hydroxylation sites is 1. The molecule has 2 aliphatic rings. The summed E-state index contributed by atoms with van der Waals surface area (Å²) >= 11 is 0. The van der Waals surface area contributed by atoms with Crippen molar-refractivity contribution in [1.29, 1.82) is 0 Å². The summed E-state index contributed by atoms with van der Waals surface area (Å²) in [5.74, 6) is 1.47. The lowest BCUT2D eigenvalue weighted by Crippen LogP contribution is -2.42. The predicted octanol–water partition coefficient (Wildman–Crippen LogP) is 4.22. The zero-order chi connectivity index (χ0) is 18.9. The van der Waals surface area contributed by atoms with Crippen molar-refractivity contribution in [2.24, 2.45) is 0 Å². The molecule has 1 amide bonds. The first kappa shape index (κ1) is 16.7. The van der Waals surface area contributed by atoms with E-state index in [1.165, 1.54) is 0 Å². The average molecular weight is 372 g/mol. The Morgan fingerprint density at radius 3 is 2.50 bits per heavy atom. The SMILES string of the molecule is O=C1c2ccccc2N[C@H](c2ccc3c(c2)OCCO3)N1Cc1ccccc1. The Hall–Kier alpha value is -3.47. The maximum absolute atomic E-state index is 13.3. The summed E-state index contributed by atoms with van der Waals surface area (Å²) in [4.78, 5) is 15.2. The fraction of sp³-hybridized carbons (Fsp3) is 0.174. The molecule has 2 heterocycles. The lowest BCUT2D eigenvalue weighted by atomic mass is 10.0. The highest BCUT2D eigenvalue weighted by atomic mass is 16.6. The van der Waals surface area contributed by atoms with Crippen molar-refractivity contribution in [3.05, 3.63) is 89.5 Å². The standard InChI is InChI=1S/C23H20N2O3/c26-23-18-8-4-5-9-19(18)24-22(25(23)15-16-6-2-1-3-7-16)17-10-11-20-21(14-17)28-13-12-27-20/h1-11,14,22,24H,12-13,15H2/t22-/m0/s1. The quantitative estimate of drug-likeness (QED) is 0.748. The molecule has 5 heteroatoms. The second-order valence-electron chi connectivity index (χ2n) is 6.91. The zero-order valence-corrected chi connectivity index (χ0v) is 15.3. The number of benzene rings is 3. The van der Waals surface area contributed by atoms with Gasteiger partial charge in [-0.3, -0.25) is 4.79 Å². The number of carbonyl (C=O) groups excluding carboxylic acids is 1. The van der Waals surface area contributed by atoms with Crippen molar-refractivity contribution < 1.29 is 14.3 Å². The minimum absolute atomic E-state index is 0.0121. The number of carbonyl (C=O) groups is 1. The smallest absolute Gasteiger partial charge is 0.258 e. The number of nitrogens with zero attached hydrogens (tertiary/aromatic N) is 1. The van der Waals surface area contributed by atoms with Crippen molar-refractivity contribution in [3.8, 4) is 11.5 Å². The van der Waals surface area contributed by atoms with Crippen molar-refractivity contribution in [2.45, 2.75) is 12.7 Å². The van der Waals surface area contributed by atoms with Crippen LogP contribution in [-0.4, -0.2) is 24.0 Å². The Morgan fingerprint density at radius 1 is 0.893 bits per heavy atom. The van der Waals surface area contributed by atoms with Gasteiger partial charge < -0.3 is 19.7 Å². The van der Waals surface area contributed by atoms with E-state index in [4.69, 9.17) is 9.47 Å². The van der Waals surface area contributed by atoms with Crippen LogP contribution >= 0.6 is 0 Å². The van der Waals surface area contributed by atoms with Gasteiger partial charge in [-0.1, -0.05) is 48.5 Å². The van der Waals surface area contributed by atoms with Crippen LogP contribution in [0.4, 0.5) is 5.69 Å². The van der Waals surface area contributed by atoms with Gasteiger partial charge >= 0.3 is 0 Å². The van der Waals surface area contributed by atoms with E-state index in [1.807, 2.05) is 77.7 Å². The highest BCUT2D eigenvalue weighted by Crippen LogP contribution is 2.38. The number of anilines is 1. The fourth-order valence-corrected chi connectivity index (χ4v) is 3.73. The highest BCUT2D eigenvalue weighted by molar-refractivity contribution is 6.01. The Labute approximate surface area is 163 Å². The fourth-order valence-electron chi connectivity index (χ4n) is 3.73. The lowest BCUT2D eigenvalue weighted by Gasteiger charge is -2.38. The first-order valence-corrected chi connectivity index (χ1v) is 9.39. The van der Waals surface area contributed by atoms with Gasteiger partial charge in [-0.25, -0.2) is 0 Å². The molecule has 0 aromatic heterocycles. The van der Waals surface area contributed by atoms with Gasteiger partial charge in [0.1, 0.15) is 19.4 Å². The first-order chi connectivity index (χ1) is 13.8. The van der Waals surface area contributed by atoms with E-state index in [-0.39, 0.29) is 12.1 Å². The minimum atomic E-state index is -0.293. The summed E-state index contributed by atoms with van der Waals surface area (Å²) in [5, 5.41) is 3.53. The van der Waals surface area contributed by atoms with Gasteiger partial charge in [-0.2, -0.15) is 0 Å². The third-order valence-electron chi connectivity index (χ3n) is 5.10. The molecule has 5 nitrogen and oxygen atoms in total. The summed E-state index contributed by atoms with van der Waals surface area (Å²) < 4.78 is 11.4. The van der Waals surface area contributed by atoms with Gasteiger partial charge in [0, 0.05) is 12.2 Å². The maximum Gasteiger partial charge on any atom is 0.258 e. The van der Waals surface area contributed by atoms with Gasteiger partial charge in [0.15, 0.2) is 11.5 Å². The second kappa shape index (κ2) is 6.93. The molecule has 0 saturated carbocycles. The molecule has 0 saturated heterocycles. The van der Waals surface area contributed by atoms with Crippen molar-refractivity contribution in [1.82, 2.24) is 4.90 Å². The lowest BCUT2D eigenvalue weighted by molar-refractivity contribution is 0.0666. The van der Waals surface area contributed by atoms with E-state index in [0.717, 1.165) is 28.3 Å². The monoisotopic (exact) mass is 372 g/mol. The number of rotatable bonds is 3. The number of amides is 1. The molecule has 0 fully saturated rings. The summed E-state index contributed by atoms with van der Waals surface area (Å²) in [6.07, 6.45) is -0.293. The topological polar surface area (TPSA) is 50.8 Å². The summed E-state index contributed by atoms with van der Waals surface area (Å²) in [6, 6.07) is 23.5. The van der Waals surface area contributed by atoms with Gasteiger partial charge in [0.05, 0.1) is 5.56 Å². The molecule has 28 heavy (non-hydrogen) atoms. The highest BCUT2D eigenvalue weighted by Gasteiger charge is 2.33. The third-order valence-corrected chi connectivity index (χ3v) is 5.10. The van der Waals surface area contributed by atoms with Crippen LogP contribution in [0.2, 0.25) is 0 Å². The Bertz CT molecular complexity index is 1020. The molecule has 1 atom stereocenters. The maximum atomic E-state index is 13.3. The van der Waals surface area contributed by atoms with E-state index >= 15 is 0 Å². The molecule has 0 spiro atoms. The molecule has 1 N–H and O–H groups in total. The van der Waals surface area contributed by atoms with E-state index in [1.54, 1.807) is 0 Å². The van der Waals surface area contributed by atoms with Crippen LogP contribution in [0.15, 0.2) is 72.8 Å². The van der Waals surface area contributed by atoms with Crippen molar-refractivity contribution >= 4 is 11.6 Å². The predicted molar refractivity (Wildman–Crippen MR) is 107 cm³/mol. The first-order valence-electron chi connectivity index (χ1n) is 9.39. The van der Waals surface area contributed by atoms with Gasteiger partial charge in [0.2, 0.25) is 0 Å². The Balaban J connectivity index is 1.56. The number of hydrogen-bond donors (Lipinski definition) is 1. The normalized spacial score (nSPS) is 17.6. The molecule has 3 aromatic carbocycles. The van der Waals surface area contributed by atoms with Crippen LogP contribution in [0.25, 0.3) is 0 Å². The van der Waals surface area contributed by atoms with Crippen LogP contribution < -0.4 is 14.8 Å². The molecule has 0 radical (unpaired) electrons. The Morgan fingerprint density at radius 2 is 1.64 bits per heavy atom. The zero-order valence-electron chi connectivity index (χ0n) is 15.3. The molecule has 5 rings (SSSR count). The molecule has 140 valence electrons. The van der Waals surface area contributed by atoms with Crippen LogP contribution in [0.1, 0.15) is 27.7 Å². The van der Waals surface area contributed by atoms with E-state index in [0.29, 0.717) is 25.3 Å². The second-order valence-corrected chi connectivity index (χ2v) is 6.91. The van der Waals surface area contributed by atoms with Crippen LogP contribution in [0, 0.1) is 0 Å². The van der Waals surface area contributed by atoms with Crippen LogP contribution in [0.3, 0.4) is 0 Å². The van der Waals surface area contributed by atoms with Crippen LogP contribution in [-0.2, 0) is 6.54 Å². The Kier molecular flexibility index (Phi) is 4.13. The van der Waals surface area contributed by atoms with Gasteiger partial charge in [-0.15, -0.1) is 0 Å². The molecule has 0 aliphatic carbocycles. The minimum Gasteiger partial charge on any atom is -0.486 e.